The maximum absolute atomic E-state index is 14.1. The predicted molar refractivity (Wildman–Crippen MR) is 101 cm³/mol. The Morgan fingerprint density at radius 1 is 1.26 bits per heavy atom. The van der Waals surface area contributed by atoms with Gasteiger partial charge < -0.3 is 9.13 Å². The van der Waals surface area contributed by atoms with E-state index < -0.39 is 0 Å². The summed E-state index contributed by atoms with van der Waals surface area (Å²) in [7, 11) is 2.01. The monoisotopic (exact) mass is 388 g/mol. The van der Waals surface area contributed by atoms with Crippen molar-refractivity contribution in [1.29, 1.82) is 0 Å². The van der Waals surface area contributed by atoms with Crippen molar-refractivity contribution in [3.05, 3.63) is 65.0 Å². The van der Waals surface area contributed by atoms with Crippen molar-refractivity contribution in [1.82, 2.24) is 29.2 Å². The molecule has 0 aliphatic carbocycles. The van der Waals surface area contributed by atoms with Gasteiger partial charge in [0.15, 0.2) is 5.82 Å². The minimum atomic E-state index is -0.245. The number of halogens is 2. The van der Waals surface area contributed by atoms with E-state index in [-0.39, 0.29) is 11.7 Å². The maximum Gasteiger partial charge on any atom is 0.152 e. The highest BCUT2D eigenvalue weighted by atomic mass is 35.5. The summed E-state index contributed by atoms with van der Waals surface area (Å²) in [6, 6.07) is 4.85. The first-order chi connectivity index (χ1) is 13.1. The van der Waals surface area contributed by atoms with Crippen molar-refractivity contribution in [3.8, 4) is 0 Å². The third-order valence-corrected chi connectivity index (χ3v) is 5.55. The van der Waals surface area contributed by atoms with Crippen LogP contribution in [0.4, 0.5) is 4.39 Å². The first kappa shape index (κ1) is 18.1. The van der Waals surface area contributed by atoms with E-state index in [1.165, 1.54) is 6.07 Å². The van der Waals surface area contributed by atoms with Gasteiger partial charge >= 0.3 is 0 Å². The second-order valence-corrected chi connectivity index (χ2v) is 7.45. The summed E-state index contributed by atoms with van der Waals surface area (Å²) in [5.74, 6) is 1.91. The SMILES string of the molecule is Cn1c(Cn2ccnc2)nnc1[C@H]1CCCN(Cc2c(F)cccc2Cl)C1. The zero-order chi connectivity index (χ0) is 18.8. The topological polar surface area (TPSA) is 51.8 Å². The van der Waals surface area contributed by atoms with Crippen LogP contribution in [-0.2, 0) is 20.1 Å². The molecule has 1 aliphatic rings. The van der Waals surface area contributed by atoms with E-state index in [2.05, 4.69) is 24.6 Å². The highest BCUT2D eigenvalue weighted by Crippen LogP contribution is 2.28. The lowest BCUT2D eigenvalue weighted by Gasteiger charge is -2.32. The number of imidazole rings is 1. The van der Waals surface area contributed by atoms with E-state index >= 15 is 0 Å². The summed E-state index contributed by atoms with van der Waals surface area (Å²) in [6.07, 6.45) is 7.53. The van der Waals surface area contributed by atoms with Gasteiger partial charge in [-0.2, -0.15) is 0 Å². The van der Waals surface area contributed by atoms with Gasteiger partial charge in [0.05, 0.1) is 12.9 Å². The molecular formula is C19H22ClFN6. The lowest BCUT2D eigenvalue weighted by molar-refractivity contribution is 0.193. The minimum Gasteiger partial charge on any atom is -0.330 e. The van der Waals surface area contributed by atoms with Crippen LogP contribution in [0, 0.1) is 5.82 Å². The molecule has 0 bridgehead atoms. The van der Waals surface area contributed by atoms with E-state index in [9.17, 15) is 4.39 Å². The Hall–Kier alpha value is -2.25. The van der Waals surface area contributed by atoms with Crippen molar-refractivity contribution in [2.24, 2.45) is 7.05 Å². The van der Waals surface area contributed by atoms with Gasteiger partial charge in [0.25, 0.3) is 0 Å². The molecule has 0 spiro atoms. The van der Waals surface area contributed by atoms with E-state index in [1.54, 1.807) is 24.7 Å². The summed E-state index contributed by atoms with van der Waals surface area (Å²) in [6.45, 7) is 2.91. The molecule has 1 fully saturated rings. The number of likely N-dealkylation sites (tertiary alicyclic amines) is 1. The van der Waals surface area contributed by atoms with Crippen LogP contribution >= 0.6 is 11.6 Å². The van der Waals surface area contributed by atoms with Gasteiger partial charge in [0.1, 0.15) is 11.6 Å². The smallest absolute Gasteiger partial charge is 0.152 e. The Balaban J connectivity index is 1.48. The first-order valence-electron chi connectivity index (χ1n) is 9.11. The Morgan fingerprint density at radius 2 is 2.15 bits per heavy atom. The van der Waals surface area contributed by atoms with Gasteiger partial charge in [0, 0.05) is 49.0 Å². The third kappa shape index (κ3) is 3.89. The number of piperidine rings is 1. The fourth-order valence-electron chi connectivity index (χ4n) is 3.73. The Bertz CT molecular complexity index is 887. The summed E-state index contributed by atoms with van der Waals surface area (Å²) < 4.78 is 18.2. The molecule has 2 aromatic heterocycles. The first-order valence-corrected chi connectivity index (χ1v) is 9.48. The van der Waals surface area contributed by atoms with Crippen molar-refractivity contribution in [3.63, 3.8) is 0 Å². The maximum atomic E-state index is 14.1. The summed E-state index contributed by atoms with van der Waals surface area (Å²) in [5, 5.41) is 9.30. The number of nitrogens with zero attached hydrogens (tertiary/aromatic N) is 6. The van der Waals surface area contributed by atoms with Crippen molar-refractivity contribution in [2.75, 3.05) is 13.1 Å². The highest BCUT2D eigenvalue weighted by molar-refractivity contribution is 6.31. The molecule has 27 heavy (non-hydrogen) atoms. The molecule has 0 unspecified atom stereocenters. The third-order valence-electron chi connectivity index (χ3n) is 5.20. The highest BCUT2D eigenvalue weighted by Gasteiger charge is 2.26. The molecule has 1 saturated heterocycles. The predicted octanol–water partition coefficient (Wildman–Crippen LogP) is 3.23. The standard InChI is InChI=1S/C19H22ClFN6/c1-25-18(12-27-9-7-22-13-27)23-24-19(25)14-4-3-8-26(10-14)11-15-16(20)5-2-6-17(15)21/h2,5-7,9,13-14H,3-4,8,10-12H2,1H3/t14-/m0/s1. The van der Waals surface area contributed by atoms with Crippen LogP contribution in [0.3, 0.4) is 0 Å². The molecule has 0 saturated carbocycles. The van der Waals surface area contributed by atoms with Crippen LogP contribution < -0.4 is 0 Å². The summed E-state index contributed by atoms with van der Waals surface area (Å²) >= 11 is 6.20. The van der Waals surface area contributed by atoms with E-state index in [0.717, 1.165) is 37.6 Å². The molecular weight excluding hydrogens is 367 g/mol. The Morgan fingerprint density at radius 3 is 2.93 bits per heavy atom. The molecule has 4 rings (SSSR count). The lowest BCUT2D eigenvalue weighted by Crippen LogP contribution is -2.35. The lowest BCUT2D eigenvalue weighted by atomic mass is 9.96. The van der Waals surface area contributed by atoms with Gasteiger partial charge in [-0.25, -0.2) is 9.37 Å². The van der Waals surface area contributed by atoms with Crippen LogP contribution in [0.1, 0.15) is 36.0 Å². The normalized spacial score (nSPS) is 18.1. The molecule has 0 N–H and O–H groups in total. The number of aromatic nitrogens is 5. The van der Waals surface area contributed by atoms with Crippen molar-refractivity contribution >= 4 is 11.6 Å². The van der Waals surface area contributed by atoms with E-state index in [1.807, 2.05) is 17.8 Å². The van der Waals surface area contributed by atoms with E-state index in [0.29, 0.717) is 23.7 Å². The Kier molecular flexibility index (Phi) is 5.22. The van der Waals surface area contributed by atoms with Gasteiger partial charge in [-0.15, -0.1) is 10.2 Å². The van der Waals surface area contributed by atoms with Gasteiger partial charge in [-0.1, -0.05) is 17.7 Å². The molecule has 1 aromatic carbocycles. The van der Waals surface area contributed by atoms with Crippen LogP contribution in [0.25, 0.3) is 0 Å². The minimum absolute atomic E-state index is 0.245. The molecule has 8 heteroatoms. The molecule has 3 aromatic rings. The van der Waals surface area contributed by atoms with Crippen molar-refractivity contribution in [2.45, 2.75) is 31.8 Å². The molecule has 1 atom stereocenters. The fourth-order valence-corrected chi connectivity index (χ4v) is 3.95. The van der Waals surface area contributed by atoms with Gasteiger partial charge in [-0.05, 0) is 31.5 Å². The fraction of sp³-hybridized carbons (Fsp3) is 0.421. The zero-order valence-corrected chi connectivity index (χ0v) is 16.0. The number of hydrogen-bond acceptors (Lipinski definition) is 4. The van der Waals surface area contributed by atoms with Crippen LogP contribution in [0.2, 0.25) is 5.02 Å². The largest absolute Gasteiger partial charge is 0.330 e. The molecule has 142 valence electrons. The van der Waals surface area contributed by atoms with Crippen LogP contribution in [0.5, 0.6) is 0 Å². The average Bonchev–Trinajstić information content (AvgIpc) is 3.30. The van der Waals surface area contributed by atoms with Gasteiger partial charge in [-0.3, -0.25) is 4.90 Å². The second-order valence-electron chi connectivity index (χ2n) is 7.04. The average molecular weight is 389 g/mol. The van der Waals surface area contributed by atoms with Gasteiger partial charge in [0.2, 0.25) is 0 Å². The molecule has 0 radical (unpaired) electrons. The van der Waals surface area contributed by atoms with Crippen LogP contribution in [-0.4, -0.2) is 42.3 Å². The van der Waals surface area contributed by atoms with E-state index in [4.69, 9.17) is 11.6 Å². The number of benzene rings is 1. The Labute approximate surface area is 162 Å². The molecule has 6 nitrogen and oxygen atoms in total. The van der Waals surface area contributed by atoms with Crippen molar-refractivity contribution < 1.29 is 4.39 Å². The molecule has 0 amide bonds. The number of rotatable bonds is 5. The quantitative estimate of drug-likeness (QED) is 0.673. The molecule has 1 aliphatic heterocycles. The zero-order valence-electron chi connectivity index (χ0n) is 15.2. The van der Waals surface area contributed by atoms with Crippen LogP contribution in [0.15, 0.2) is 36.9 Å². The second kappa shape index (κ2) is 7.78. The summed E-state index contributed by atoms with van der Waals surface area (Å²) in [5.41, 5.74) is 0.568. The number of hydrogen-bond donors (Lipinski definition) is 0. The summed E-state index contributed by atoms with van der Waals surface area (Å²) in [4.78, 5) is 6.32. The molecule has 3 heterocycles.